The summed E-state index contributed by atoms with van der Waals surface area (Å²) in [5.41, 5.74) is 2.30. The monoisotopic (exact) mass is 481 g/mol. The molecule has 3 aromatic rings. The number of nitrogens with zero attached hydrogens (tertiary/aromatic N) is 3. The largest absolute Gasteiger partial charge is 0.338 e. The standard InChI is InChI=1S/C26H25F2N3O2S/c27-20-5-1-3-18(15-20)25-22-8-14-34-23(22)7-9-31(25)17-24(32)29-10-12-30(13-11-29)26(33)19-4-2-6-21(28)16-19/h1-6,8,14-16,25H,7,9-13,17H2. The molecule has 2 amide bonds. The van der Waals surface area contributed by atoms with E-state index < -0.39 is 5.82 Å². The van der Waals surface area contributed by atoms with Gasteiger partial charge in [-0.25, -0.2) is 8.78 Å². The lowest BCUT2D eigenvalue weighted by molar-refractivity contribution is -0.134. The number of thiophene rings is 1. The molecular formula is C26H25F2N3O2S. The fourth-order valence-corrected chi connectivity index (χ4v) is 5.75. The molecule has 1 atom stereocenters. The minimum Gasteiger partial charge on any atom is -0.338 e. The normalized spacial score (nSPS) is 18.6. The Kier molecular flexibility index (Phi) is 6.43. The Hall–Kier alpha value is -3.10. The van der Waals surface area contributed by atoms with E-state index in [1.54, 1.807) is 39.3 Å². The summed E-state index contributed by atoms with van der Waals surface area (Å²) < 4.78 is 27.5. The number of halogens is 2. The van der Waals surface area contributed by atoms with Gasteiger partial charge in [-0.15, -0.1) is 11.3 Å². The first-order chi connectivity index (χ1) is 16.5. The molecule has 5 rings (SSSR count). The van der Waals surface area contributed by atoms with Gasteiger partial charge in [0.05, 0.1) is 12.6 Å². The van der Waals surface area contributed by atoms with Gasteiger partial charge >= 0.3 is 0 Å². The molecule has 1 fully saturated rings. The van der Waals surface area contributed by atoms with Gasteiger partial charge in [0.15, 0.2) is 0 Å². The quantitative estimate of drug-likeness (QED) is 0.567. The molecule has 8 heteroatoms. The van der Waals surface area contributed by atoms with E-state index in [9.17, 15) is 18.4 Å². The van der Waals surface area contributed by atoms with Gasteiger partial charge in [-0.2, -0.15) is 0 Å². The molecule has 0 spiro atoms. The molecular weight excluding hydrogens is 456 g/mol. The summed E-state index contributed by atoms with van der Waals surface area (Å²) in [5.74, 6) is -0.954. The number of hydrogen-bond acceptors (Lipinski definition) is 4. The maximum atomic E-state index is 14.0. The van der Waals surface area contributed by atoms with E-state index in [2.05, 4.69) is 16.3 Å². The van der Waals surface area contributed by atoms with Crippen LogP contribution in [-0.4, -0.2) is 65.8 Å². The molecule has 2 aromatic carbocycles. The Balaban J connectivity index is 1.25. The number of rotatable bonds is 4. The van der Waals surface area contributed by atoms with E-state index >= 15 is 0 Å². The molecule has 176 valence electrons. The number of amides is 2. The van der Waals surface area contributed by atoms with Gasteiger partial charge in [-0.1, -0.05) is 18.2 Å². The Morgan fingerprint density at radius 3 is 2.32 bits per heavy atom. The van der Waals surface area contributed by atoms with Crippen LogP contribution in [0.3, 0.4) is 0 Å². The molecule has 0 N–H and O–H groups in total. The fraction of sp³-hybridized carbons (Fsp3) is 0.308. The maximum Gasteiger partial charge on any atom is 0.254 e. The van der Waals surface area contributed by atoms with E-state index in [4.69, 9.17) is 0 Å². The van der Waals surface area contributed by atoms with Gasteiger partial charge in [0.2, 0.25) is 5.91 Å². The van der Waals surface area contributed by atoms with Crippen LogP contribution in [0.15, 0.2) is 60.0 Å². The van der Waals surface area contributed by atoms with Crippen molar-refractivity contribution in [3.05, 3.63) is 93.2 Å². The van der Waals surface area contributed by atoms with Gasteiger partial charge in [-0.3, -0.25) is 14.5 Å². The predicted octanol–water partition coefficient (Wildman–Crippen LogP) is 3.96. The minimum atomic E-state index is -0.442. The second-order valence-electron chi connectivity index (χ2n) is 8.66. The minimum absolute atomic E-state index is 0.00191. The number of hydrogen-bond donors (Lipinski definition) is 0. The van der Waals surface area contributed by atoms with Crippen molar-refractivity contribution in [1.82, 2.24) is 14.7 Å². The van der Waals surface area contributed by atoms with Gasteiger partial charge in [0, 0.05) is 43.2 Å². The highest BCUT2D eigenvalue weighted by atomic mass is 32.1. The van der Waals surface area contributed by atoms with Gasteiger partial charge in [0.1, 0.15) is 11.6 Å². The van der Waals surface area contributed by atoms with Crippen molar-refractivity contribution in [2.24, 2.45) is 0 Å². The number of piperazine rings is 1. The molecule has 5 nitrogen and oxygen atoms in total. The van der Waals surface area contributed by atoms with Crippen LogP contribution < -0.4 is 0 Å². The summed E-state index contributed by atoms with van der Waals surface area (Å²) in [6, 6.07) is 14.2. The molecule has 1 unspecified atom stereocenters. The van der Waals surface area contributed by atoms with Crippen LogP contribution in [0.4, 0.5) is 8.78 Å². The third kappa shape index (κ3) is 4.60. The van der Waals surface area contributed by atoms with Gasteiger partial charge in [-0.05, 0) is 59.3 Å². The SMILES string of the molecule is O=C(CN1CCc2sccc2C1c1cccc(F)c1)N1CCN(C(=O)c2cccc(F)c2)CC1. The lowest BCUT2D eigenvalue weighted by Crippen LogP contribution is -2.53. The van der Waals surface area contributed by atoms with Crippen molar-refractivity contribution in [2.45, 2.75) is 12.5 Å². The maximum absolute atomic E-state index is 14.0. The molecule has 3 heterocycles. The Morgan fingerprint density at radius 1 is 0.882 bits per heavy atom. The average Bonchev–Trinajstić information content (AvgIpc) is 3.32. The summed E-state index contributed by atoms with van der Waals surface area (Å²) >= 11 is 1.70. The Labute approximate surface area is 201 Å². The van der Waals surface area contributed by atoms with Crippen LogP contribution in [0.25, 0.3) is 0 Å². The zero-order chi connectivity index (χ0) is 23.7. The van der Waals surface area contributed by atoms with E-state index in [1.165, 1.54) is 29.1 Å². The second kappa shape index (κ2) is 9.64. The average molecular weight is 482 g/mol. The first-order valence-corrected chi connectivity index (χ1v) is 12.3. The van der Waals surface area contributed by atoms with Crippen LogP contribution in [0.5, 0.6) is 0 Å². The number of benzene rings is 2. The summed E-state index contributed by atoms with van der Waals surface area (Å²) in [4.78, 5) is 32.7. The van der Waals surface area contributed by atoms with E-state index in [-0.39, 0.29) is 30.2 Å². The highest BCUT2D eigenvalue weighted by molar-refractivity contribution is 7.10. The van der Waals surface area contributed by atoms with Gasteiger partial charge < -0.3 is 9.80 Å². The zero-order valence-electron chi connectivity index (χ0n) is 18.6. The first-order valence-electron chi connectivity index (χ1n) is 11.4. The molecule has 0 aliphatic carbocycles. The molecule has 1 saturated heterocycles. The predicted molar refractivity (Wildman–Crippen MR) is 127 cm³/mol. The highest BCUT2D eigenvalue weighted by Gasteiger charge is 2.33. The van der Waals surface area contributed by atoms with Crippen molar-refractivity contribution < 1.29 is 18.4 Å². The lowest BCUT2D eigenvalue weighted by atomic mass is 9.93. The molecule has 1 aromatic heterocycles. The first kappa shape index (κ1) is 22.7. The van der Waals surface area contributed by atoms with Crippen molar-refractivity contribution in [3.8, 4) is 0 Å². The van der Waals surface area contributed by atoms with Crippen molar-refractivity contribution in [3.63, 3.8) is 0 Å². The van der Waals surface area contributed by atoms with Crippen LogP contribution >= 0.6 is 11.3 Å². The second-order valence-corrected chi connectivity index (χ2v) is 9.66. The summed E-state index contributed by atoms with van der Waals surface area (Å²) in [6.07, 6.45) is 0.863. The smallest absolute Gasteiger partial charge is 0.254 e. The van der Waals surface area contributed by atoms with Crippen LogP contribution in [-0.2, 0) is 11.2 Å². The third-order valence-electron chi connectivity index (χ3n) is 6.56. The van der Waals surface area contributed by atoms with Crippen molar-refractivity contribution >= 4 is 23.2 Å². The lowest BCUT2D eigenvalue weighted by Gasteiger charge is -2.39. The van der Waals surface area contributed by atoms with Gasteiger partial charge in [0.25, 0.3) is 5.91 Å². The topological polar surface area (TPSA) is 43.9 Å². The van der Waals surface area contributed by atoms with Crippen LogP contribution in [0.2, 0.25) is 0 Å². The highest BCUT2D eigenvalue weighted by Crippen LogP contribution is 2.37. The van der Waals surface area contributed by atoms with E-state index in [0.717, 1.165) is 24.1 Å². The molecule has 2 aliphatic rings. The Morgan fingerprint density at radius 2 is 1.59 bits per heavy atom. The van der Waals surface area contributed by atoms with Crippen LogP contribution in [0.1, 0.15) is 32.4 Å². The summed E-state index contributed by atoms with van der Waals surface area (Å²) in [7, 11) is 0. The number of carbonyl (C=O) groups is 2. The summed E-state index contributed by atoms with van der Waals surface area (Å²) in [5, 5.41) is 2.05. The molecule has 0 radical (unpaired) electrons. The summed E-state index contributed by atoms with van der Waals surface area (Å²) in [6.45, 7) is 2.63. The third-order valence-corrected chi connectivity index (χ3v) is 7.56. The number of fused-ring (bicyclic) bond motifs is 1. The Bertz CT molecular complexity index is 1210. The van der Waals surface area contributed by atoms with Crippen LogP contribution in [0, 0.1) is 11.6 Å². The van der Waals surface area contributed by atoms with E-state index in [1.807, 2.05) is 6.07 Å². The molecule has 2 aliphatic heterocycles. The zero-order valence-corrected chi connectivity index (χ0v) is 19.4. The van der Waals surface area contributed by atoms with Crippen molar-refractivity contribution in [2.75, 3.05) is 39.3 Å². The van der Waals surface area contributed by atoms with E-state index in [0.29, 0.717) is 31.7 Å². The molecule has 34 heavy (non-hydrogen) atoms. The molecule has 0 bridgehead atoms. The number of carbonyl (C=O) groups excluding carboxylic acids is 2. The molecule has 0 saturated carbocycles. The van der Waals surface area contributed by atoms with Crippen molar-refractivity contribution in [1.29, 1.82) is 0 Å². The fourth-order valence-electron chi connectivity index (χ4n) is 4.84.